The number of sulfone groups is 1. The summed E-state index contributed by atoms with van der Waals surface area (Å²) < 4.78 is 24.4. The molecule has 0 radical (unpaired) electrons. The highest BCUT2D eigenvalue weighted by atomic mass is 32.2. The van der Waals surface area contributed by atoms with Crippen LogP contribution < -0.4 is 5.73 Å². The molecule has 2 rings (SSSR count). The lowest BCUT2D eigenvalue weighted by molar-refractivity contribution is 0.208. The van der Waals surface area contributed by atoms with Gasteiger partial charge in [0.1, 0.15) is 0 Å². The highest BCUT2D eigenvalue weighted by Gasteiger charge is 2.22. The molecule has 4 nitrogen and oxygen atoms in total. The lowest BCUT2D eigenvalue weighted by Crippen LogP contribution is -2.38. The van der Waals surface area contributed by atoms with Gasteiger partial charge in [0.25, 0.3) is 0 Å². The standard InChI is InChI=1S/C15H22N2O2S/c1-13(16)14-7-9-17(10-8-14)11-12-20(18,19)15-5-3-2-4-6-15/h2-6,14H,1,7-12,16H2. The molecule has 5 heteroatoms. The van der Waals surface area contributed by atoms with Crippen LogP contribution in [0.3, 0.4) is 0 Å². The van der Waals surface area contributed by atoms with Crippen LogP contribution in [-0.2, 0) is 9.84 Å². The minimum atomic E-state index is -3.17. The van der Waals surface area contributed by atoms with Gasteiger partial charge in [0, 0.05) is 18.2 Å². The summed E-state index contributed by atoms with van der Waals surface area (Å²) in [5.74, 6) is 0.558. The molecule has 0 bridgehead atoms. The Balaban J connectivity index is 1.86. The van der Waals surface area contributed by atoms with Crippen LogP contribution in [0.5, 0.6) is 0 Å². The molecule has 0 atom stereocenters. The lowest BCUT2D eigenvalue weighted by Gasteiger charge is -2.31. The topological polar surface area (TPSA) is 63.4 Å². The maximum Gasteiger partial charge on any atom is 0.179 e. The summed E-state index contributed by atoms with van der Waals surface area (Å²) in [6.07, 6.45) is 1.95. The number of likely N-dealkylation sites (tertiary alicyclic amines) is 1. The zero-order valence-electron chi connectivity index (χ0n) is 11.7. The molecule has 110 valence electrons. The van der Waals surface area contributed by atoms with Crippen molar-refractivity contribution in [3.05, 3.63) is 42.6 Å². The van der Waals surface area contributed by atoms with Crippen molar-refractivity contribution >= 4 is 9.84 Å². The molecular weight excluding hydrogens is 272 g/mol. The first-order chi connectivity index (χ1) is 9.49. The smallest absolute Gasteiger partial charge is 0.179 e. The van der Waals surface area contributed by atoms with E-state index in [4.69, 9.17) is 5.73 Å². The van der Waals surface area contributed by atoms with Crippen LogP contribution in [0.25, 0.3) is 0 Å². The maximum atomic E-state index is 12.2. The Bertz CT molecular complexity index is 546. The van der Waals surface area contributed by atoms with Crippen molar-refractivity contribution in [1.82, 2.24) is 4.90 Å². The van der Waals surface area contributed by atoms with E-state index in [1.807, 2.05) is 6.07 Å². The lowest BCUT2D eigenvalue weighted by atomic mass is 9.94. The number of nitrogens with two attached hydrogens (primary N) is 1. The number of rotatable bonds is 5. The highest BCUT2D eigenvalue weighted by Crippen LogP contribution is 2.21. The molecule has 1 aromatic carbocycles. The first kappa shape index (κ1) is 15.1. The van der Waals surface area contributed by atoms with Crippen LogP contribution in [0, 0.1) is 5.92 Å². The normalized spacial score (nSPS) is 18.0. The van der Waals surface area contributed by atoms with E-state index in [1.54, 1.807) is 24.3 Å². The molecule has 0 aromatic heterocycles. The number of hydrogen-bond donors (Lipinski definition) is 1. The SMILES string of the molecule is C=C(N)C1CCN(CCS(=O)(=O)c2ccccc2)CC1. The van der Waals surface area contributed by atoms with E-state index in [0.717, 1.165) is 31.6 Å². The maximum absolute atomic E-state index is 12.2. The van der Waals surface area contributed by atoms with E-state index < -0.39 is 9.84 Å². The first-order valence-electron chi connectivity index (χ1n) is 6.93. The van der Waals surface area contributed by atoms with E-state index in [2.05, 4.69) is 11.5 Å². The van der Waals surface area contributed by atoms with Gasteiger partial charge < -0.3 is 10.6 Å². The van der Waals surface area contributed by atoms with Crippen molar-refractivity contribution in [2.24, 2.45) is 11.7 Å². The summed E-state index contributed by atoms with van der Waals surface area (Å²) in [4.78, 5) is 2.60. The Morgan fingerprint density at radius 1 is 1.25 bits per heavy atom. The molecular formula is C15H22N2O2S. The number of benzene rings is 1. The first-order valence-corrected chi connectivity index (χ1v) is 8.59. The molecule has 20 heavy (non-hydrogen) atoms. The van der Waals surface area contributed by atoms with Gasteiger partial charge >= 0.3 is 0 Å². The number of nitrogens with zero attached hydrogens (tertiary/aromatic N) is 1. The second-order valence-electron chi connectivity index (χ2n) is 5.32. The van der Waals surface area contributed by atoms with Crippen LogP contribution >= 0.6 is 0 Å². The molecule has 1 fully saturated rings. The van der Waals surface area contributed by atoms with Gasteiger partial charge in [0.05, 0.1) is 10.6 Å². The molecule has 0 saturated carbocycles. The Kier molecular flexibility index (Phi) is 4.83. The molecule has 0 unspecified atom stereocenters. The number of hydrogen-bond acceptors (Lipinski definition) is 4. The van der Waals surface area contributed by atoms with Gasteiger partial charge in [-0.05, 0) is 38.1 Å². The van der Waals surface area contributed by atoms with Gasteiger partial charge in [-0.2, -0.15) is 0 Å². The van der Waals surface area contributed by atoms with Crippen molar-refractivity contribution < 1.29 is 8.42 Å². The van der Waals surface area contributed by atoms with Gasteiger partial charge in [-0.15, -0.1) is 0 Å². The zero-order chi connectivity index (χ0) is 14.6. The fourth-order valence-electron chi connectivity index (χ4n) is 2.52. The Hall–Kier alpha value is -1.33. The average molecular weight is 294 g/mol. The van der Waals surface area contributed by atoms with Crippen LogP contribution in [0.1, 0.15) is 12.8 Å². The summed E-state index contributed by atoms with van der Waals surface area (Å²) in [5.41, 5.74) is 6.47. The molecule has 2 N–H and O–H groups in total. The van der Waals surface area contributed by atoms with Gasteiger partial charge in [-0.3, -0.25) is 0 Å². The monoisotopic (exact) mass is 294 g/mol. The highest BCUT2D eigenvalue weighted by molar-refractivity contribution is 7.91. The van der Waals surface area contributed by atoms with Crippen molar-refractivity contribution in [3.63, 3.8) is 0 Å². The molecule has 0 aliphatic carbocycles. The van der Waals surface area contributed by atoms with Gasteiger partial charge in [-0.1, -0.05) is 24.8 Å². The molecule has 1 aliphatic heterocycles. The summed E-state index contributed by atoms with van der Waals surface area (Å²) in [7, 11) is -3.17. The van der Waals surface area contributed by atoms with Gasteiger partial charge in [0.2, 0.25) is 0 Å². The summed E-state index contributed by atoms with van der Waals surface area (Å²) in [5, 5.41) is 0. The van der Waals surface area contributed by atoms with E-state index in [0.29, 0.717) is 17.4 Å². The number of piperidine rings is 1. The molecule has 0 amide bonds. The average Bonchev–Trinajstić information content (AvgIpc) is 2.46. The predicted molar refractivity (Wildman–Crippen MR) is 81.0 cm³/mol. The van der Waals surface area contributed by atoms with Crippen molar-refractivity contribution in [2.75, 3.05) is 25.4 Å². The fourth-order valence-corrected chi connectivity index (χ4v) is 3.83. The van der Waals surface area contributed by atoms with Crippen LogP contribution in [0.15, 0.2) is 47.5 Å². The largest absolute Gasteiger partial charge is 0.402 e. The number of allylic oxidation sites excluding steroid dienone is 1. The van der Waals surface area contributed by atoms with E-state index in [-0.39, 0.29) is 5.75 Å². The summed E-state index contributed by atoms with van der Waals surface area (Å²) in [6.45, 7) is 6.16. The third-order valence-electron chi connectivity index (χ3n) is 3.89. The Labute approximate surface area is 121 Å². The predicted octanol–water partition coefficient (Wildman–Crippen LogP) is 1.64. The fraction of sp³-hybridized carbons (Fsp3) is 0.467. The molecule has 1 aromatic rings. The van der Waals surface area contributed by atoms with Gasteiger partial charge in [0.15, 0.2) is 9.84 Å². The zero-order valence-corrected chi connectivity index (χ0v) is 12.5. The minimum Gasteiger partial charge on any atom is -0.402 e. The van der Waals surface area contributed by atoms with Crippen LogP contribution in [0.2, 0.25) is 0 Å². The summed E-state index contributed by atoms with van der Waals surface area (Å²) in [6, 6.07) is 8.64. The molecule has 0 spiro atoms. The van der Waals surface area contributed by atoms with Crippen LogP contribution in [-0.4, -0.2) is 38.7 Å². The van der Waals surface area contributed by atoms with Crippen LogP contribution in [0.4, 0.5) is 0 Å². The van der Waals surface area contributed by atoms with Crippen molar-refractivity contribution in [2.45, 2.75) is 17.7 Å². The quantitative estimate of drug-likeness (QED) is 0.897. The van der Waals surface area contributed by atoms with E-state index >= 15 is 0 Å². The van der Waals surface area contributed by atoms with Crippen molar-refractivity contribution in [1.29, 1.82) is 0 Å². The summed E-state index contributed by atoms with van der Waals surface area (Å²) >= 11 is 0. The molecule has 1 aliphatic rings. The van der Waals surface area contributed by atoms with E-state index in [1.165, 1.54) is 0 Å². The Morgan fingerprint density at radius 2 is 1.85 bits per heavy atom. The molecule has 1 heterocycles. The van der Waals surface area contributed by atoms with Gasteiger partial charge in [-0.25, -0.2) is 8.42 Å². The second-order valence-corrected chi connectivity index (χ2v) is 7.43. The Morgan fingerprint density at radius 3 is 2.40 bits per heavy atom. The minimum absolute atomic E-state index is 0.172. The van der Waals surface area contributed by atoms with E-state index in [9.17, 15) is 8.42 Å². The molecule has 1 saturated heterocycles. The third kappa shape index (κ3) is 3.84. The third-order valence-corrected chi connectivity index (χ3v) is 5.60. The van der Waals surface area contributed by atoms with Crippen molar-refractivity contribution in [3.8, 4) is 0 Å². The second kappa shape index (κ2) is 6.41.